The zero-order valence-corrected chi connectivity index (χ0v) is 7.14. The summed E-state index contributed by atoms with van der Waals surface area (Å²) in [5, 5.41) is 11.9. The first kappa shape index (κ1) is 10.3. The predicted octanol–water partition coefficient (Wildman–Crippen LogP) is 2.63. The number of allylic oxidation sites excluding steroid dienone is 1. The van der Waals surface area contributed by atoms with Gasteiger partial charge in [0, 0.05) is 6.42 Å². The van der Waals surface area contributed by atoms with Crippen molar-refractivity contribution in [1.82, 2.24) is 0 Å². The van der Waals surface area contributed by atoms with Crippen LogP contribution in [0.1, 0.15) is 19.3 Å². The number of hydrogen-bond donors (Lipinski definition) is 1. The van der Waals surface area contributed by atoms with Gasteiger partial charge in [0.05, 0.1) is 0 Å². The van der Waals surface area contributed by atoms with Gasteiger partial charge in [-0.2, -0.15) is 0 Å². The second-order valence-electron chi connectivity index (χ2n) is 1.96. The average molecular weight is 172 g/mol. The highest BCUT2D eigenvalue weighted by Crippen LogP contribution is 2.04. The minimum atomic E-state index is -0.727. The van der Waals surface area contributed by atoms with Crippen molar-refractivity contribution < 1.29 is 9.90 Å². The number of rotatable bonds is 6. The molecule has 0 aliphatic rings. The molecule has 0 bridgehead atoms. The van der Waals surface area contributed by atoms with Crippen LogP contribution in [-0.4, -0.2) is 11.1 Å². The maximum Gasteiger partial charge on any atom is 0.303 e. The van der Waals surface area contributed by atoms with Gasteiger partial charge in [0.2, 0.25) is 0 Å². The Balaban J connectivity index is 3.13. The fourth-order valence-corrected chi connectivity index (χ4v) is 0.909. The molecule has 0 unspecified atom stereocenters. The van der Waals surface area contributed by atoms with E-state index >= 15 is 0 Å². The van der Waals surface area contributed by atoms with E-state index in [0.717, 1.165) is 6.42 Å². The molecule has 0 heterocycles. The largest absolute Gasteiger partial charge is 0.481 e. The third-order valence-electron chi connectivity index (χ3n) is 1.03. The van der Waals surface area contributed by atoms with Crippen LogP contribution in [-0.2, 0) is 4.79 Å². The van der Waals surface area contributed by atoms with Crippen molar-refractivity contribution in [2.45, 2.75) is 19.3 Å². The lowest BCUT2D eigenvalue weighted by Crippen LogP contribution is -1.92. The first-order valence-electron chi connectivity index (χ1n) is 3.40. The first-order chi connectivity index (χ1) is 5.27. The zero-order valence-electron chi connectivity index (χ0n) is 6.32. The van der Waals surface area contributed by atoms with Crippen LogP contribution in [0.25, 0.3) is 0 Å². The van der Waals surface area contributed by atoms with Gasteiger partial charge in [0.15, 0.2) is 0 Å². The Bertz CT molecular complexity index is 152. The quantitative estimate of drug-likeness (QED) is 0.626. The molecule has 1 N–H and O–H groups in total. The molecule has 0 rings (SSSR count). The molecule has 0 radical (unpaired) electrons. The monoisotopic (exact) mass is 172 g/mol. The smallest absolute Gasteiger partial charge is 0.303 e. The minimum absolute atomic E-state index is 0.253. The summed E-state index contributed by atoms with van der Waals surface area (Å²) in [5.41, 5.74) is 0. The third-order valence-corrected chi connectivity index (χ3v) is 1.57. The summed E-state index contributed by atoms with van der Waals surface area (Å²) in [7, 11) is 0. The number of carboxylic acids is 1. The summed E-state index contributed by atoms with van der Waals surface area (Å²) < 4.78 is 0. The van der Waals surface area contributed by atoms with Crippen LogP contribution in [0.4, 0.5) is 0 Å². The van der Waals surface area contributed by atoms with Gasteiger partial charge in [0.1, 0.15) is 0 Å². The number of hydrogen-bond acceptors (Lipinski definition) is 2. The molecule has 0 aromatic carbocycles. The minimum Gasteiger partial charge on any atom is -0.481 e. The Kier molecular flexibility index (Phi) is 6.94. The van der Waals surface area contributed by atoms with Crippen LogP contribution in [0.5, 0.6) is 0 Å². The summed E-state index contributed by atoms with van der Waals surface area (Å²) >= 11 is 1.50. The van der Waals surface area contributed by atoms with Crippen molar-refractivity contribution in [3.8, 4) is 0 Å². The topological polar surface area (TPSA) is 37.3 Å². The first-order valence-corrected chi connectivity index (χ1v) is 4.35. The normalized spacial score (nSPS) is 10.2. The highest BCUT2D eigenvalue weighted by Gasteiger charge is 1.92. The molecule has 2 nitrogen and oxygen atoms in total. The molecule has 11 heavy (non-hydrogen) atoms. The van der Waals surface area contributed by atoms with E-state index in [9.17, 15) is 4.79 Å². The maximum atomic E-state index is 10.0. The molecule has 0 fully saturated rings. The molecule has 62 valence electrons. The van der Waals surface area contributed by atoms with E-state index in [1.54, 1.807) is 5.41 Å². The maximum absolute atomic E-state index is 10.0. The molecule has 3 heteroatoms. The third kappa shape index (κ3) is 9.30. The van der Waals surface area contributed by atoms with E-state index in [0.29, 0.717) is 6.42 Å². The Morgan fingerprint density at radius 1 is 1.64 bits per heavy atom. The van der Waals surface area contributed by atoms with Crippen molar-refractivity contribution in [3.63, 3.8) is 0 Å². The van der Waals surface area contributed by atoms with Gasteiger partial charge in [-0.25, -0.2) is 0 Å². The van der Waals surface area contributed by atoms with Crippen molar-refractivity contribution in [3.05, 3.63) is 23.5 Å². The Hall–Kier alpha value is -0.700. The Labute approximate surface area is 71.0 Å². The molecule has 0 saturated heterocycles. The summed E-state index contributed by atoms with van der Waals surface area (Å²) in [5.74, 6) is -0.727. The van der Waals surface area contributed by atoms with Gasteiger partial charge in [-0.3, -0.25) is 4.79 Å². The molecule has 0 aliphatic heterocycles. The van der Waals surface area contributed by atoms with Crippen LogP contribution in [0.3, 0.4) is 0 Å². The summed E-state index contributed by atoms with van der Waals surface area (Å²) in [4.78, 5) is 10.0. The molecule has 0 saturated carbocycles. The molecule has 0 atom stereocenters. The molecule has 0 aromatic heterocycles. The molecule has 0 aliphatic carbocycles. The van der Waals surface area contributed by atoms with Crippen LogP contribution in [0, 0.1) is 0 Å². The van der Waals surface area contributed by atoms with Gasteiger partial charge in [-0.1, -0.05) is 12.7 Å². The highest BCUT2D eigenvalue weighted by atomic mass is 32.2. The lowest BCUT2D eigenvalue weighted by molar-refractivity contribution is -0.137. The number of carboxylic acid groups (broad SMARTS) is 1. The van der Waals surface area contributed by atoms with E-state index in [4.69, 9.17) is 5.11 Å². The van der Waals surface area contributed by atoms with Crippen molar-refractivity contribution in [1.29, 1.82) is 0 Å². The molecule has 0 aromatic rings. The van der Waals surface area contributed by atoms with Gasteiger partial charge in [0.25, 0.3) is 0 Å². The van der Waals surface area contributed by atoms with Gasteiger partial charge < -0.3 is 5.11 Å². The van der Waals surface area contributed by atoms with E-state index in [1.165, 1.54) is 11.8 Å². The second-order valence-corrected chi connectivity index (χ2v) is 2.84. The Morgan fingerprint density at radius 2 is 2.36 bits per heavy atom. The molecule has 0 amide bonds. The summed E-state index contributed by atoms with van der Waals surface area (Å²) in [6.45, 7) is 3.52. The fourth-order valence-electron chi connectivity index (χ4n) is 0.550. The molecular weight excluding hydrogens is 160 g/mol. The number of unbranched alkanes of at least 4 members (excludes halogenated alkanes) is 1. The summed E-state index contributed by atoms with van der Waals surface area (Å²) in [6.07, 6.45) is 3.75. The molecule has 0 spiro atoms. The lowest BCUT2D eigenvalue weighted by Gasteiger charge is -1.89. The van der Waals surface area contributed by atoms with E-state index < -0.39 is 5.97 Å². The van der Waals surface area contributed by atoms with E-state index in [1.807, 2.05) is 11.5 Å². The SMILES string of the molecule is C=CSC=CCCCC(=O)O. The number of carbonyl (C=O) groups is 1. The van der Waals surface area contributed by atoms with Crippen molar-refractivity contribution in [2.75, 3.05) is 0 Å². The standard InChI is InChI=1S/C8H12O2S/c1-2-11-7-5-3-4-6-8(9)10/h2,5,7H,1,3-4,6H2,(H,9,10). The van der Waals surface area contributed by atoms with Gasteiger partial charge >= 0.3 is 5.97 Å². The van der Waals surface area contributed by atoms with Crippen molar-refractivity contribution in [2.24, 2.45) is 0 Å². The fraction of sp³-hybridized carbons (Fsp3) is 0.375. The van der Waals surface area contributed by atoms with E-state index in [-0.39, 0.29) is 6.42 Å². The van der Waals surface area contributed by atoms with Gasteiger partial charge in [-0.15, -0.1) is 11.8 Å². The van der Waals surface area contributed by atoms with Crippen LogP contribution < -0.4 is 0 Å². The van der Waals surface area contributed by atoms with Crippen LogP contribution in [0.2, 0.25) is 0 Å². The average Bonchev–Trinajstić information content (AvgIpc) is 1.96. The lowest BCUT2D eigenvalue weighted by atomic mass is 10.2. The highest BCUT2D eigenvalue weighted by molar-refractivity contribution is 8.04. The number of aliphatic carboxylic acids is 1. The van der Waals surface area contributed by atoms with Crippen LogP contribution >= 0.6 is 11.8 Å². The predicted molar refractivity (Wildman–Crippen MR) is 48.4 cm³/mol. The van der Waals surface area contributed by atoms with Crippen molar-refractivity contribution >= 4 is 17.7 Å². The number of thioether (sulfide) groups is 1. The van der Waals surface area contributed by atoms with Crippen LogP contribution in [0.15, 0.2) is 23.5 Å². The second kappa shape index (κ2) is 7.41. The zero-order chi connectivity index (χ0) is 8.53. The molecular formula is C8H12O2S. The van der Waals surface area contributed by atoms with Gasteiger partial charge in [-0.05, 0) is 23.7 Å². The van der Waals surface area contributed by atoms with E-state index in [2.05, 4.69) is 6.58 Å². The Morgan fingerprint density at radius 3 is 2.91 bits per heavy atom. The summed E-state index contributed by atoms with van der Waals surface area (Å²) in [6, 6.07) is 0.